The molecule has 7 rings (SSSR count). The first-order chi connectivity index (χ1) is 24.1. The van der Waals surface area contributed by atoms with Gasteiger partial charge >= 0.3 is 0 Å². The smallest absolute Gasteiger partial charge is 0.268 e. The van der Waals surface area contributed by atoms with Gasteiger partial charge in [0.2, 0.25) is 5.91 Å². The molecule has 0 bridgehead atoms. The van der Waals surface area contributed by atoms with E-state index in [0.717, 1.165) is 35.9 Å². The van der Waals surface area contributed by atoms with E-state index in [1.807, 2.05) is 40.8 Å². The number of benzene rings is 1. The minimum Gasteiger partial charge on any atom is -0.382 e. The van der Waals surface area contributed by atoms with E-state index in [2.05, 4.69) is 31.4 Å². The molecule has 0 spiro atoms. The largest absolute Gasteiger partial charge is 0.382 e. The predicted molar refractivity (Wildman–Crippen MR) is 190 cm³/mol. The molecule has 1 aliphatic rings. The maximum Gasteiger partial charge on any atom is 0.268 e. The number of nitrogens with zero attached hydrogens (tertiary/aromatic N) is 7. The quantitative estimate of drug-likeness (QED) is 0.216. The molecule has 1 aromatic carbocycles. The number of amides is 2. The first-order valence-corrected chi connectivity index (χ1v) is 17.1. The van der Waals surface area contributed by atoms with Gasteiger partial charge in [-0.25, -0.2) is 18.9 Å². The van der Waals surface area contributed by atoms with E-state index in [1.165, 1.54) is 40.6 Å². The summed E-state index contributed by atoms with van der Waals surface area (Å²) in [6.45, 7) is 6.91. The highest BCUT2D eigenvalue weighted by Crippen LogP contribution is 2.37. The van der Waals surface area contributed by atoms with Crippen LogP contribution in [0.25, 0.3) is 33.6 Å². The monoisotopic (exact) mass is 691 g/mol. The number of carbonyl (C=O) groups is 2. The Labute approximate surface area is 290 Å². The average molecular weight is 692 g/mol. The molecule has 2 amide bonds. The molecule has 1 fully saturated rings. The van der Waals surface area contributed by atoms with Crippen LogP contribution in [0.3, 0.4) is 0 Å². The molecule has 6 heterocycles. The highest BCUT2D eigenvalue weighted by atomic mass is 32.1. The van der Waals surface area contributed by atoms with E-state index in [-0.39, 0.29) is 29.0 Å². The summed E-state index contributed by atoms with van der Waals surface area (Å²) in [5, 5.41) is 9.19. The van der Waals surface area contributed by atoms with Gasteiger partial charge in [0.1, 0.15) is 23.2 Å². The SMILES string of the molecule is Cc1c(-c2cscn2)cc(C(=O)Nc2ccc(-c3cc(C4CCN(C(=O)C(C)C)CC4)n4ncnc(N)c34)cc2)c(=O)n1-c1cncc(F)c1. The lowest BCUT2D eigenvalue weighted by Gasteiger charge is -2.33. The Kier molecular flexibility index (Phi) is 8.70. The number of likely N-dealkylation sites (tertiary alicyclic amines) is 1. The van der Waals surface area contributed by atoms with Gasteiger partial charge in [-0.3, -0.25) is 23.9 Å². The number of piperidine rings is 1. The number of pyridine rings is 2. The van der Waals surface area contributed by atoms with E-state index in [9.17, 15) is 18.8 Å². The van der Waals surface area contributed by atoms with Crippen molar-refractivity contribution in [3.05, 3.63) is 105 Å². The fraction of sp³-hybridized carbons (Fsp3) is 0.250. The predicted octanol–water partition coefficient (Wildman–Crippen LogP) is 5.71. The standard InChI is InChI=1S/C36H34FN9O3S/c1-20(2)35(48)44-10-8-23(9-11-44)31-14-28(32-33(38)40-18-42-46(31)32)22-4-6-25(7-5-22)43-34(47)29-13-27(30-17-50-19-41-30)21(3)45(36(29)49)26-12-24(37)15-39-16-26/h4-7,12-20,23H,8-11H2,1-3H3,(H,43,47)(H2,38,40,42). The molecule has 14 heteroatoms. The molecule has 0 atom stereocenters. The normalized spacial score (nSPS) is 13.7. The number of fused-ring (bicyclic) bond motifs is 1. The van der Waals surface area contributed by atoms with Crippen LogP contribution in [0.4, 0.5) is 15.9 Å². The van der Waals surface area contributed by atoms with Gasteiger partial charge < -0.3 is 16.0 Å². The van der Waals surface area contributed by atoms with Crippen LogP contribution < -0.4 is 16.6 Å². The number of nitrogens with two attached hydrogens (primary N) is 1. The van der Waals surface area contributed by atoms with Crippen molar-refractivity contribution in [1.82, 2.24) is 34.0 Å². The van der Waals surface area contributed by atoms with Crippen molar-refractivity contribution in [3.8, 4) is 28.1 Å². The van der Waals surface area contributed by atoms with Gasteiger partial charge in [-0.05, 0) is 49.6 Å². The van der Waals surface area contributed by atoms with Crippen molar-refractivity contribution in [3.63, 3.8) is 0 Å². The number of hydrogen-bond acceptors (Lipinski definition) is 9. The molecule has 0 aliphatic carbocycles. The Morgan fingerprint density at radius 2 is 1.80 bits per heavy atom. The fourth-order valence-electron chi connectivity index (χ4n) is 6.60. The highest BCUT2D eigenvalue weighted by molar-refractivity contribution is 7.07. The van der Waals surface area contributed by atoms with Crippen LogP contribution in [0.5, 0.6) is 0 Å². The molecule has 0 unspecified atom stereocenters. The second kappa shape index (κ2) is 13.3. The first-order valence-electron chi connectivity index (χ1n) is 16.2. The third-order valence-corrected chi connectivity index (χ3v) is 9.72. The number of halogens is 1. The molecule has 1 aliphatic heterocycles. The lowest BCUT2D eigenvalue weighted by molar-refractivity contribution is -0.135. The molecule has 6 aromatic rings. The maximum absolute atomic E-state index is 14.2. The summed E-state index contributed by atoms with van der Waals surface area (Å²) in [7, 11) is 0. The van der Waals surface area contributed by atoms with Gasteiger partial charge in [0.15, 0.2) is 5.82 Å². The Morgan fingerprint density at radius 1 is 1.04 bits per heavy atom. The molecule has 1 saturated heterocycles. The number of nitrogen functional groups attached to an aromatic ring is 1. The van der Waals surface area contributed by atoms with E-state index in [0.29, 0.717) is 47.1 Å². The molecule has 12 nitrogen and oxygen atoms in total. The molecule has 0 saturated carbocycles. The summed E-state index contributed by atoms with van der Waals surface area (Å²) in [5.41, 5.74) is 12.9. The van der Waals surface area contributed by atoms with Crippen LogP contribution in [-0.4, -0.2) is 58.9 Å². The van der Waals surface area contributed by atoms with Crippen molar-refractivity contribution in [1.29, 1.82) is 0 Å². The average Bonchev–Trinajstić information content (AvgIpc) is 3.78. The van der Waals surface area contributed by atoms with E-state index < -0.39 is 17.3 Å². The topological polar surface area (TPSA) is 153 Å². The fourth-order valence-corrected chi connectivity index (χ4v) is 7.15. The third-order valence-electron chi connectivity index (χ3n) is 9.13. The van der Waals surface area contributed by atoms with Gasteiger partial charge in [-0.1, -0.05) is 26.0 Å². The van der Waals surface area contributed by atoms with Crippen LogP contribution in [0.1, 0.15) is 54.4 Å². The van der Waals surface area contributed by atoms with Gasteiger partial charge in [-0.15, -0.1) is 11.3 Å². The Bertz CT molecular complexity index is 2290. The van der Waals surface area contributed by atoms with Crippen LogP contribution >= 0.6 is 11.3 Å². The molecular formula is C36H34FN9O3S. The lowest BCUT2D eigenvalue weighted by Crippen LogP contribution is -2.40. The van der Waals surface area contributed by atoms with Crippen molar-refractivity contribution in [2.75, 3.05) is 24.1 Å². The Morgan fingerprint density at radius 3 is 2.48 bits per heavy atom. The summed E-state index contributed by atoms with van der Waals surface area (Å²) in [6, 6.07) is 12.0. The van der Waals surface area contributed by atoms with Gasteiger partial charge in [0.25, 0.3) is 11.5 Å². The Balaban J connectivity index is 1.18. The molecule has 50 heavy (non-hydrogen) atoms. The first kappa shape index (κ1) is 32.8. The van der Waals surface area contributed by atoms with Crippen LogP contribution in [-0.2, 0) is 4.79 Å². The lowest BCUT2D eigenvalue weighted by atomic mass is 9.92. The summed E-state index contributed by atoms with van der Waals surface area (Å²) < 4.78 is 17.3. The summed E-state index contributed by atoms with van der Waals surface area (Å²) in [6.07, 6.45) is 5.47. The minimum atomic E-state index is -0.631. The molecular weight excluding hydrogens is 658 g/mol. The number of aromatic nitrogens is 6. The second-order valence-corrected chi connectivity index (χ2v) is 13.3. The summed E-state index contributed by atoms with van der Waals surface area (Å²) in [5.74, 6) is -0.600. The van der Waals surface area contributed by atoms with Crippen molar-refractivity contribution < 1.29 is 14.0 Å². The number of hydrogen-bond donors (Lipinski definition) is 2. The van der Waals surface area contributed by atoms with Crippen molar-refractivity contribution >= 4 is 40.2 Å². The van der Waals surface area contributed by atoms with Crippen LogP contribution in [0, 0.1) is 18.7 Å². The van der Waals surface area contributed by atoms with Crippen LogP contribution in [0.15, 0.2) is 76.9 Å². The molecule has 5 aromatic heterocycles. The molecule has 254 valence electrons. The summed E-state index contributed by atoms with van der Waals surface area (Å²) >= 11 is 1.38. The number of nitrogens with one attached hydrogen (secondary N) is 1. The number of carbonyl (C=O) groups excluding carboxylic acids is 2. The highest BCUT2D eigenvalue weighted by Gasteiger charge is 2.29. The van der Waals surface area contributed by atoms with Gasteiger partial charge in [-0.2, -0.15) is 5.10 Å². The zero-order chi connectivity index (χ0) is 35.1. The van der Waals surface area contributed by atoms with Crippen LogP contribution in [0.2, 0.25) is 0 Å². The number of rotatable bonds is 7. The number of anilines is 2. The Hall–Kier alpha value is -5.76. The zero-order valence-electron chi connectivity index (χ0n) is 27.6. The summed E-state index contributed by atoms with van der Waals surface area (Å²) in [4.78, 5) is 54.4. The van der Waals surface area contributed by atoms with Crippen molar-refractivity contribution in [2.24, 2.45) is 5.92 Å². The maximum atomic E-state index is 14.2. The van der Waals surface area contributed by atoms with E-state index >= 15 is 0 Å². The van der Waals surface area contributed by atoms with Crippen molar-refractivity contribution in [2.45, 2.75) is 39.5 Å². The van der Waals surface area contributed by atoms with E-state index in [1.54, 1.807) is 24.6 Å². The third kappa shape index (κ3) is 6.02. The van der Waals surface area contributed by atoms with Gasteiger partial charge in [0, 0.05) is 64.6 Å². The zero-order valence-corrected chi connectivity index (χ0v) is 28.4. The number of thiazole rings is 1. The molecule has 0 radical (unpaired) electrons. The minimum absolute atomic E-state index is 0.0399. The second-order valence-electron chi connectivity index (χ2n) is 12.6. The van der Waals surface area contributed by atoms with E-state index in [4.69, 9.17) is 5.73 Å². The van der Waals surface area contributed by atoms with Gasteiger partial charge in [0.05, 0.1) is 29.3 Å². The molecule has 3 N–H and O–H groups in total.